The third-order valence-electron chi connectivity index (χ3n) is 5.68. The SMILES string of the molecule is CC(C)C(=O)N(C)[C@@H](c1ccc(N2CCCc3c2cnc2cc(Cl)nn32)cc1)C(F)(F)F. The van der Waals surface area contributed by atoms with E-state index in [9.17, 15) is 18.0 Å². The maximum Gasteiger partial charge on any atom is 0.413 e. The van der Waals surface area contributed by atoms with Gasteiger partial charge in [0.1, 0.15) is 0 Å². The molecule has 0 aliphatic carbocycles. The molecule has 1 atom stereocenters. The van der Waals surface area contributed by atoms with Crippen LogP contribution in [0.25, 0.3) is 5.65 Å². The number of hydrogen-bond donors (Lipinski definition) is 0. The summed E-state index contributed by atoms with van der Waals surface area (Å²) >= 11 is 6.02. The van der Waals surface area contributed by atoms with Gasteiger partial charge in [0.15, 0.2) is 16.8 Å². The second-order valence-electron chi connectivity index (χ2n) is 8.22. The summed E-state index contributed by atoms with van der Waals surface area (Å²) in [6.45, 7) is 3.87. The van der Waals surface area contributed by atoms with Crippen LogP contribution in [-0.4, -0.2) is 45.2 Å². The molecule has 0 spiro atoms. The lowest BCUT2D eigenvalue weighted by molar-refractivity contribution is -0.190. The Morgan fingerprint density at radius 3 is 2.53 bits per heavy atom. The van der Waals surface area contributed by atoms with Crippen molar-refractivity contribution in [3.63, 3.8) is 0 Å². The van der Waals surface area contributed by atoms with Gasteiger partial charge in [-0.15, -0.1) is 0 Å². The molecule has 0 radical (unpaired) electrons. The Bertz CT molecular complexity index is 1140. The summed E-state index contributed by atoms with van der Waals surface area (Å²) in [4.78, 5) is 19.5. The molecule has 6 nitrogen and oxygen atoms in total. The molecule has 0 saturated carbocycles. The van der Waals surface area contributed by atoms with E-state index in [2.05, 4.69) is 10.1 Å². The van der Waals surface area contributed by atoms with Crippen molar-refractivity contribution in [2.45, 2.75) is 38.9 Å². The Morgan fingerprint density at radius 2 is 1.91 bits per heavy atom. The number of carbonyl (C=O) groups is 1. The molecule has 0 N–H and O–H groups in total. The number of amides is 1. The maximum absolute atomic E-state index is 13.8. The summed E-state index contributed by atoms with van der Waals surface area (Å²) < 4.78 is 43.3. The average Bonchev–Trinajstić information content (AvgIpc) is 3.13. The van der Waals surface area contributed by atoms with E-state index >= 15 is 0 Å². The quantitative estimate of drug-likeness (QED) is 0.532. The first kappa shape index (κ1) is 22.4. The number of alkyl halides is 3. The summed E-state index contributed by atoms with van der Waals surface area (Å²) in [5, 5.41) is 4.65. The third-order valence-corrected chi connectivity index (χ3v) is 5.86. The van der Waals surface area contributed by atoms with Crippen molar-refractivity contribution in [1.82, 2.24) is 19.5 Å². The van der Waals surface area contributed by atoms with E-state index in [0.29, 0.717) is 17.3 Å². The summed E-state index contributed by atoms with van der Waals surface area (Å²) in [6, 6.07) is 5.84. The van der Waals surface area contributed by atoms with Crippen LogP contribution in [0.4, 0.5) is 24.5 Å². The van der Waals surface area contributed by atoms with Gasteiger partial charge in [0.25, 0.3) is 0 Å². The Labute approximate surface area is 188 Å². The highest BCUT2D eigenvalue weighted by Gasteiger charge is 2.45. The van der Waals surface area contributed by atoms with Crippen LogP contribution in [0.5, 0.6) is 0 Å². The zero-order valence-electron chi connectivity index (χ0n) is 17.9. The smallest absolute Gasteiger partial charge is 0.339 e. The van der Waals surface area contributed by atoms with Gasteiger partial charge in [-0.05, 0) is 30.5 Å². The van der Waals surface area contributed by atoms with Crippen molar-refractivity contribution in [1.29, 1.82) is 0 Å². The molecule has 32 heavy (non-hydrogen) atoms. The lowest BCUT2D eigenvalue weighted by Crippen LogP contribution is -2.41. The van der Waals surface area contributed by atoms with E-state index in [1.54, 1.807) is 42.8 Å². The predicted octanol–water partition coefficient (Wildman–Crippen LogP) is 5.18. The number of aryl methyl sites for hydroxylation is 1. The third kappa shape index (κ3) is 4.01. The molecule has 4 rings (SSSR count). The number of anilines is 2. The van der Waals surface area contributed by atoms with Gasteiger partial charge in [-0.25, -0.2) is 9.50 Å². The van der Waals surface area contributed by atoms with Crippen LogP contribution < -0.4 is 4.90 Å². The highest BCUT2D eigenvalue weighted by Crippen LogP contribution is 2.39. The van der Waals surface area contributed by atoms with Crippen molar-refractivity contribution in [2.24, 2.45) is 5.92 Å². The normalized spacial score (nSPS) is 15.2. The zero-order valence-corrected chi connectivity index (χ0v) is 18.7. The van der Waals surface area contributed by atoms with Gasteiger partial charge in [-0.1, -0.05) is 37.6 Å². The van der Waals surface area contributed by atoms with Gasteiger partial charge in [0, 0.05) is 31.3 Å². The van der Waals surface area contributed by atoms with Crippen LogP contribution in [0.1, 0.15) is 37.6 Å². The van der Waals surface area contributed by atoms with E-state index in [-0.39, 0.29) is 5.56 Å². The van der Waals surface area contributed by atoms with E-state index in [4.69, 9.17) is 11.6 Å². The summed E-state index contributed by atoms with van der Waals surface area (Å²) in [7, 11) is 1.20. The van der Waals surface area contributed by atoms with Gasteiger partial charge < -0.3 is 9.80 Å². The molecule has 1 amide bonds. The minimum absolute atomic E-state index is 0.0161. The number of rotatable bonds is 4. The molecule has 3 heterocycles. The fourth-order valence-electron chi connectivity index (χ4n) is 4.20. The summed E-state index contributed by atoms with van der Waals surface area (Å²) in [6.07, 6.45) is -1.21. The molecule has 3 aromatic rings. The largest absolute Gasteiger partial charge is 0.413 e. The standard InChI is InChI=1S/C22H23ClF3N5O/c1-13(2)21(32)29(3)20(22(24,25)26)14-6-8-15(9-7-14)30-10-4-5-16-17(30)12-27-19-11-18(23)28-31(16)19/h6-9,11-13,20H,4-5,10H2,1-3H3/t20-/m0/s1. The number of fused-ring (bicyclic) bond motifs is 3. The fourth-order valence-corrected chi connectivity index (χ4v) is 4.37. The summed E-state index contributed by atoms with van der Waals surface area (Å²) in [5.74, 6) is -1.09. The number of halogens is 4. The van der Waals surface area contributed by atoms with E-state index in [1.807, 2.05) is 4.90 Å². The molecule has 0 bridgehead atoms. The first-order valence-corrected chi connectivity index (χ1v) is 10.7. The second kappa shape index (κ2) is 8.27. The monoisotopic (exact) mass is 465 g/mol. The first-order valence-electron chi connectivity index (χ1n) is 10.3. The Morgan fingerprint density at radius 1 is 1.22 bits per heavy atom. The molecule has 0 unspecified atom stereocenters. The predicted molar refractivity (Wildman–Crippen MR) is 116 cm³/mol. The van der Waals surface area contributed by atoms with Gasteiger partial charge in [-0.3, -0.25) is 4.79 Å². The molecule has 1 aromatic carbocycles. The Kier molecular flexibility index (Phi) is 5.79. The first-order chi connectivity index (χ1) is 15.1. The molecule has 2 aromatic heterocycles. The van der Waals surface area contributed by atoms with Crippen molar-refractivity contribution < 1.29 is 18.0 Å². The van der Waals surface area contributed by atoms with Crippen molar-refractivity contribution in [3.05, 3.63) is 52.9 Å². The fraction of sp³-hybridized carbons (Fsp3) is 0.409. The Balaban J connectivity index is 1.68. The van der Waals surface area contributed by atoms with Crippen LogP contribution >= 0.6 is 11.6 Å². The zero-order chi connectivity index (χ0) is 23.2. The second-order valence-corrected chi connectivity index (χ2v) is 8.61. The molecule has 0 fully saturated rings. The lowest BCUT2D eigenvalue weighted by Gasteiger charge is -2.33. The maximum atomic E-state index is 13.8. The van der Waals surface area contributed by atoms with Gasteiger partial charge in [0.05, 0.1) is 17.6 Å². The van der Waals surface area contributed by atoms with Gasteiger partial charge in [0.2, 0.25) is 5.91 Å². The van der Waals surface area contributed by atoms with Crippen LogP contribution in [0, 0.1) is 5.92 Å². The molecule has 1 aliphatic heterocycles. The number of hydrogen-bond acceptors (Lipinski definition) is 4. The average molecular weight is 466 g/mol. The number of aromatic nitrogens is 3. The van der Waals surface area contributed by atoms with E-state index in [0.717, 1.165) is 34.8 Å². The molecule has 10 heteroatoms. The molecular weight excluding hydrogens is 443 g/mol. The summed E-state index contributed by atoms with van der Waals surface area (Å²) in [5.41, 5.74) is 3.20. The number of nitrogens with zero attached hydrogens (tertiary/aromatic N) is 5. The lowest BCUT2D eigenvalue weighted by atomic mass is 10.0. The van der Waals surface area contributed by atoms with Crippen molar-refractivity contribution in [3.8, 4) is 0 Å². The molecule has 1 aliphatic rings. The van der Waals surface area contributed by atoms with Gasteiger partial charge >= 0.3 is 6.18 Å². The highest BCUT2D eigenvalue weighted by molar-refractivity contribution is 6.29. The molecular formula is C22H23ClF3N5O. The molecule has 170 valence electrons. The van der Waals surface area contributed by atoms with Crippen LogP contribution in [0.2, 0.25) is 5.15 Å². The van der Waals surface area contributed by atoms with E-state index in [1.165, 1.54) is 19.2 Å². The van der Waals surface area contributed by atoms with Crippen molar-refractivity contribution in [2.75, 3.05) is 18.5 Å². The van der Waals surface area contributed by atoms with Crippen LogP contribution in [-0.2, 0) is 11.2 Å². The minimum atomic E-state index is -4.59. The number of carbonyl (C=O) groups excluding carboxylic acids is 1. The van der Waals surface area contributed by atoms with Crippen LogP contribution in [0.15, 0.2) is 36.5 Å². The van der Waals surface area contributed by atoms with Crippen molar-refractivity contribution >= 4 is 34.5 Å². The highest BCUT2D eigenvalue weighted by atomic mass is 35.5. The number of benzene rings is 1. The van der Waals surface area contributed by atoms with Crippen LogP contribution in [0.3, 0.4) is 0 Å². The topological polar surface area (TPSA) is 53.7 Å². The minimum Gasteiger partial charge on any atom is -0.339 e. The van der Waals surface area contributed by atoms with Gasteiger partial charge in [-0.2, -0.15) is 18.3 Å². The Hall–Kier alpha value is -2.81. The van der Waals surface area contributed by atoms with E-state index < -0.39 is 24.0 Å². The molecule has 0 saturated heterocycles.